The van der Waals surface area contributed by atoms with Gasteiger partial charge < -0.3 is 20.4 Å². The van der Waals surface area contributed by atoms with Gasteiger partial charge in [0.05, 0.1) is 10.4 Å². The van der Waals surface area contributed by atoms with Gasteiger partial charge in [0, 0.05) is 61.2 Å². The molecule has 8 nitrogen and oxygen atoms in total. The molecule has 0 atom stereocenters. The van der Waals surface area contributed by atoms with Gasteiger partial charge in [-0.05, 0) is 82.8 Å². The quantitative estimate of drug-likeness (QED) is 0.406. The molecule has 4 rings (SSSR count). The number of sulfonamides is 1. The zero-order valence-corrected chi connectivity index (χ0v) is 22.5. The number of piperazine rings is 1. The second-order valence-corrected chi connectivity index (χ2v) is 12.7. The first-order valence-corrected chi connectivity index (χ1v) is 13.7. The lowest BCUT2D eigenvalue weighted by Crippen LogP contribution is -2.44. The summed E-state index contributed by atoms with van der Waals surface area (Å²) in [6.45, 7) is 11.2. The summed E-state index contributed by atoms with van der Waals surface area (Å²) in [7, 11) is -1.35. The van der Waals surface area contributed by atoms with E-state index in [1.54, 1.807) is 32.9 Å². The fourth-order valence-electron chi connectivity index (χ4n) is 3.82. The van der Waals surface area contributed by atoms with Gasteiger partial charge in [-0.15, -0.1) is 0 Å². The third kappa shape index (κ3) is 6.27. The van der Waals surface area contributed by atoms with Gasteiger partial charge in [-0.2, -0.15) is 0 Å². The summed E-state index contributed by atoms with van der Waals surface area (Å²) in [4.78, 5) is 9.29. The van der Waals surface area contributed by atoms with Crippen LogP contribution in [-0.2, 0) is 10.0 Å². The van der Waals surface area contributed by atoms with Gasteiger partial charge in [0.2, 0.25) is 10.0 Å². The number of anilines is 6. The minimum atomic E-state index is -3.51. The lowest BCUT2D eigenvalue weighted by molar-refractivity contribution is 0.313. The number of aryl methyl sites for hydroxylation is 1. The maximum Gasteiger partial charge on any atom is 0.237 e. The average molecular weight is 509 g/mol. The van der Waals surface area contributed by atoms with Gasteiger partial charge in [0.15, 0.2) is 0 Å². The fraction of sp³-hybridized carbons (Fsp3) is 0.370. The molecule has 0 radical (unpaired) electrons. The van der Waals surface area contributed by atoms with Crippen LogP contribution in [0.5, 0.6) is 0 Å². The van der Waals surface area contributed by atoms with Crippen molar-refractivity contribution in [1.29, 1.82) is 0 Å². The summed E-state index contributed by atoms with van der Waals surface area (Å²) < 4.78 is 26.8. The van der Waals surface area contributed by atoms with E-state index in [1.165, 1.54) is 5.69 Å². The van der Waals surface area contributed by atoms with Crippen LogP contribution in [0, 0.1) is 6.92 Å². The van der Waals surface area contributed by atoms with Crippen molar-refractivity contribution >= 4 is 44.3 Å². The summed E-state index contributed by atoms with van der Waals surface area (Å²) in [6, 6.07) is 17.6. The topological polar surface area (TPSA) is 89.6 Å². The maximum atomic E-state index is 12.5. The number of aromatic nitrogens is 1. The van der Waals surface area contributed by atoms with Crippen LogP contribution in [0.2, 0.25) is 0 Å². The van der Waals surface area contributed by atoms with Crippen LogP contribution in [-0.4, -0.2) is 56.3 Å². The van der Waals surface area contributed by atoms with Crippen molar-refractivity contribution < 1.29 is 8.42 Å². The SMILES string of the molecule is Cc1cnc(Nc2ccc(N3CCN(C)CC3)cc2)cc1Nc1cccc(NS(=O)(=O)C(C)(C)C)c1. The first kappa shape index (κ1) is 25.8. The lowest BCUT2D eigenvalue weighted by atomic mass is 10.2. The Bertz CT molecular complexity index is 1290. The Morgan fingerprint density at radius 2 is 1.53 bits per heavy atom. The summed E-state index contributed by atoms with van der Waals surface area (Å²) in [5, 5.41) is 6.78. The summed E-state index contributed by atoms with van der Waals surface area (Å²) >= 11 is 0. The van der Waals surface area contributed by atoms with Crippen LogP contribution in [0.25, 0.3) is 0 Å². The van der Waals surface area contributed by atoms with E-state index in [1.807, 2.05) is 31.3 Å². The Kier molecular flexibility index (Phi) is 7.42. The molecule has 1 saturated heterocycles. The Morgan fingerprint density at radius 3 is 2.19 bits per heavy atom. The van der Waals surface area contributed by atoms with E-state index in [-0.39, 0.29) is 0 Å². The highest BCUT2D eigenvalue weighted by atomic mass is 32.2. The van der Waals surface area contributed by atoms with Gasteiger partial charge >= 0.3 is 0 Å². The van der Waals surface area contributed by atoms with Crippen LogP contribution in [0.4, 0.5) is 34.3 Å². The fourth-order valence-corrected chi connectivity index (χ4v) is 4.56. The van der Waals surface area contributed by atoms with Crippen molar-refractivity contribution in [2.24, 2.45) is 0 Å². The van der Waals surface area contributed by atoms with E-state index in [0.29, 0.717) is 5.69 Å². The number of hydrogen-bond acceptors (Lipinski definition) is 7. The van der Waals surface area contributed by atoms with Gasteiger partial charge in [0.25, 0.3) is 0 Å². The normalized spacial score (nSPS) is 15.0. The molecule has 2 aromatic carbocycles. The van der Waals surface area contributed by atoms with Crippen molar-refractivity contribution in [2.75, 3.05) is 53.5 Å². The third-order valence-corrected chi connectivity index (χ3v) is 8.43. The van der Waals surface area contributed by atoms with E-state index in [4.69, 9.17) is 0 Å². The monoisotopic (exact) mass is 508 g/mol. The van der Waals surface area contributed by atoms with Crippen LogP contribution in [0.1, 0.15) is 26.3 Å². The smallest absolute Gasteiger partial charge is 0.237 e. The largest absolute Gasteiger partial charge is 0.369 e. The third-order valence-electron chi connectivity index (χ3n) is 6.31. The molecule has 2 heterocycles. The van der Waals surface area contributed by atoms with Crippen LogP contribution in [0.15, 0.2) is 60.8 Å². The molecule has 1 aliphatic rings. The predicted molar refractivity (Wildman–Crippen MR) is 150 cm³/mol. The standard InChI is InChI=1S/C27H36N6O2S/c1-20-19-28-26(30-21-9-11-24(12-10-21)33-15-13-32(5)14-16-33)18-25(20)29-22-7-6-8-23(17-22)31-36(34,35)27(2,3)4/h6-12,17-19,31H,13-16H2,1-5H3,(H2,28,29,30). The molecule has 36 heavy (non-hydrogen) atoms. The Labute approximate surface area is 214 Å². The van der Waals surface area contributed by atoms with E-state index in [0.717, 1.165) is 54.6 Å². The van der Waals surface area contributed by atoms with E-state index in [9.17, 15) is 8.42 Å². The van der Waals surface area contributed by atoms with E-state index >= 15 is 0 Å². The lowest BCUT2D eigenvalue weighted by Gasteiger charge is -2.34. The molecule has 1 aliphatic heterocycles. The van der Waals surface area contributed by atoms with Gasteiger partial charge in [0.1, 0.15) is 5.82 Å². The average Bonchev–Trinajstić information content (AvgIpc) is 2.82. The number of rotatable bonds is 7. The van der Waals surface area contributed by atoms with Gasteiger partial charge in [-0.25, -0.2) is 13.4 Å². The van der Waals surface area contributed by atoms with Crippen molar-refractivity contribution in [2.45, 2.75) is 32.4 Å². The molecule has 1 aromatic heterocycles. The Balaban J connectivity index is 1.45. The zero-order valence-electron chi connectivity index (χ0n) is 21.7. The highest BCUT2D eigenvalue weighted by molar-refractivity contribution is 7.94. The zero-order chi connectivity index (χ0) is 25.9. The van der Waals surface area contributed by atoms with E-state index in [2.05, 4.69) is 61.5 Å². The molecule has 0 unspecified atom stereocenters. The molecule has 1 fully saturated rings. The Morgan fingerprint density at radius 1 is 0.861 bits per heavy atom. The van der Waals surface area contributed by atoms with Crippen LogP contribution < -0.4 is 20.3 Å². The van der Waals surface area contributed by atoms with Crippen molar-refractivity contribution in [3.8, 4) is 0 Å². The van der Waals surface area contributed by atoms with Crippen molar-refractivity contribution in [1.82, 2.24) is 9.88 Å². The first-order chi connectivity index (χ1) is 17.0. The molecule has 9 heteroatoms. The number of hydrogen-bond donors (Lipinski definition) is 3. The summed E-state index contributed by atoms with van der Waals surface area (Å²) in [6.07, 6.45) is 1.81. The number of likely N-dealkylation sites (N-methyl/N-ethyl adjacent to an activating group) is 1. The van der Waals surface area contributed by atoms with Crippen LogP contribution >= 0.6 is 0 Å². The maximum absolute atomic E-state index is 12.5. The van der Waals surface area contributed by atoms with E-state index < -0.39 is 14.8 Å². The molecule has 0 saturated carbocycles. The Hall–Kier alpha value is -3.30. The predicted octanol–water partition coefficient (Wildman–Crippen LogP) is 5.17. The molecule has 3 aromatic rings. The summed E-state index contributed by atoms with van der Waals surface area (Å²) in [5.41, 5.74) is 5.36. The molecule has 0 aliphatic carbocycles. The number of nitrogens with zero attached hydrogens (tertiary/aromatic N) is 3. The molecular formula is C27H36N6O2S. The van der Waals surface area contributed by atoms with Crippen molar-refractivity contribution in [3.63, 3.8) is 0 Å². The second kappa shape index (κ2) is 10.4. The summed E-state index contributed by atoms with van der Waals surface area (Å²) in [5.74, 6) is 0.722. The van der Waals surface area contributed by atoms with Crippen LogP contribution in [0.3, 0.4) is 0 Å². The number of pyridine rings is 1. The van der Waals surface area contributed by atoms with Crippen molar-refractivity contribution in [3.05, 3.63) is 66.4 Å². The number of benzene rings is 2. The minimum Gasteiger partial charge on any atom is -0.369 e. The first-order valence-electron chi connectivity index (χ1n) is 12.2. The molecule has 3 N–H and O–H groups in total. The second-order valence-electron chi connectivity index (χ2n) is 10.3. The molecule has 192 valence electrons. The minimum absolute atomic E-state index is 0.514. The number of nitrogens with one attached hydrogen (secondary N) is 3. The highest BCUT2D eigenvalue weighted by Gasteiger charge is 2.28. The molecule has 0 bridgehead atoms. The molecule has 0 amide bonds. The highest BCUT2D eigenvalue weighted by Crippen LogP contribution is 2.28. The molecule has 0 spiro atoms. The van der Waals surface area contributed by atoms with Gasteiger partial charge in [-0.1, -0.05) is 6.07 Å². The molecular weight excluding hydrogens is 472 g/mol. The van der Waals surface area contributed by atoms with Gasteiger partial charge in [-0.3, -0.25) is 4.72 Å².